The number of ether oxygens (including phenoxy) is 2. The quantitative estimate of drug-likeness (QED) is 0.402. The zero-order valence-electron chi connectivity index (χ0n) is 19.3. The number of esters is 1. The zero-order valence-corrected chi connectivity index (χ0v) is 19.3. The summed E-state index contributed by atoms with van der Waals surface area (Å²) >= 11 is 0. The van der Waals surface area contributed by atoms with E-state index in [2.05, 4.69) is 20.8 Å². The number of hydrogen-bond donors (Lipinski definition) is 2. The highest BCUT2D eigenvalue weighted by Gasteiger charge is 2.21. The van der Waals surface area contributed by atoms with Crippen LogP contribution < -0.4 is 15.4 Å². The molecular formula is C26H22N4O5. The minimum absolute atomic E-state index is 0.123. The summed E-state index contributed by atoms with van der Waals surface area (Å²) in [6.45, 7) is 1.75. The lowest BCUT2D eigenvalue weighted by molar-refractivity contribution is -0.139. The molecule has 176 valence electrons. The Morgan fingerprint density at radius 2 is 1.69 bits per heavy atom. The van der Waals surface area contributed by atoms with Gasteiger partial charge in [-0.2, -0.15) is 4.98 Å². The van der Waals surface area contributed by atoms with Crippen molar-refractivity contribution in [1.29, 1.82) is 0 Å². The van der Waals surface area contributed by atoms with Crippen molar-refractivity contribution >= 4 is 28.9 Å². The van der Waals surface area contributed by atoms with Crippen LogP contribution in [0.3, 0.4) is 0 Å². The molecule has 2 heterocycles. The molecule has 3 aromatic carbocycles. The van der Waals surface area contributed by atoms with Crippen LogP contribution in [-0.4, -0.2) is 36.2 Å². The average Bonchev–Trinajstić information content (AvgIpc) is 3.24. The van der Waals surface area contributed by atoms with Crippen LogP contribution in [0.1, 0.15) is 21.7 Å². The minimum Gasteiger partial charge on any atom is -0.496 e. The van der Waals surface area contributed by atoms with E-state index in [9.17, 15) is 9.59 Å². The van der Waals surface area contributed by atoms with Gasteiger partial charge in [0.15, 0.2) is 5.82 Å². The fourth-order valence-corrected chi connectivity index (χ4v) is 3.97. The monoisotopic (exact) mass is 470 g/mol. The number of amides is 1. The third-order valence-corrected chi connectivity index (χ3v) is 5.73. The van der Waals surface area contributed by atoms with Crippen LogP contribution in [0.25, 0.3) is 22.6 Å². The van der Waals surface area contributed by atoms with Crippen LogP contribution >= 0.6 is 0 Å². The van der Waals surface area contributed by atoms with Gasteiger partial charge in [-0.05, 0) is 60.0 Å². The third-order valence-electron chi connectivity index (χ3n) is 5.73. The number of fused-ring (bicyclic) bond motifs is 2. The zero-order chi connectivity index (χ0) is 24.5. The summed E-state index contributed by atoms with van der Waals surface area (Å²) in [7, 11) is 2.93. The molecular weight excluding hydrogens is 448 g/mol. The van der Waals surface area contributed by atoms with Crippen LogP contribution in [0.2, 0.25) is 0 Å². The molecule has 0 atom stereocenters. The second-order valence-electron chi connectivity index (χ2n) is 8.03. The number of nitrogens with one attached hydrogen (secondary N) is 2. The molecule has 1 aliphatic heterocycles. The van der Waals surface area contributed by atoms with Gasteiger partial charge in [-0.25, -0.2) is 0 Å². The van der Waals surface area contributed by atoms with Gasteiger partial charge in [-0.15, -0.1) is 0 Å². The van der Waals surface area contributed by atoms with Crippen molar-refractivity contribution in [2.24, 2.45) is 0 Å². The van der Waals surface area contributed by atoms with E-state index < -0.39 is 0 Å². The van der Waals surface area contributed by atoms with Crippen LogP contribution in [-0.2, 0) is 16.0 Å². The first kappa shape index (κ1) is 22.1. The molecule has 35 heavy (non-hydrogen) atoms. The van der Waals surface area contributed by atoms with Gasteiger partial charge in [0.05, 0.1) is 48.8 Å². The Labute approximate surface area is 201 Å². The summed E-state index contributed by atoms with van der Waals surface area (Å²) in [6.07, 6.45) is 0.123. The molecule has 1 aromatic heterocycles. The number of carbonyl (C=O) groups is 2. The van der Waals surface area contributed by atoms with E-state index in [1.807, 2.05) is 42.5 Å². The second kappa shape index (κ2) is 8.94. The van der Waals surface area contributed by atoms with Gasteiger partial charge in [0.1, 0.15) is 5.75 Å². The SMILES string of the molecule is COC(=O)Cc1ccc2c(c1)NC(=O)c1ccc(-c3ccc(-c4nc(C)no4)c(OC)c3)cc1N2. The molecule has 9 heteroatoms. The summed E-state index contributed by atoms with van der Waals surface area (Å²) in [5.74, 6) is 0.928. The molecule has 0 saturated carbocycles. The van der Waals surface area contributed by atoms with E-state index in [0.29, 0.717) is 40.0 Å². The molecule has 0 bridgehead atoms. The van der Waals surface area contributed by atoms with Crippen molar-refractivity contribution in [2.45, 2.75) is 13.3 Å². The number of aryl methyl sites for hydroxylation is 1. The van der Waals surface area contributed by atoms with E-state index in [1.54, 1.807) is 26.2 Å². The predicted molar refractivity (Wildman–Crippen MR) is 130 cm³/mol. The average molecular weight is 470 g/mol. The van der Waals surface area contributed by atoms with Crippen LogP contribution in [0.5, 0.6) is 5.75 Å². The van der Waals surface area contributed by atoms with Crippen molar-refractivity contribution in [3.63, 3.8) is 0 Å². The molecule has 0 unspecified atom stereocenters. The molecule has 0 aliphatic carbocycles. The van der Waals surface area contributed by atoms with E-state index in [0.717, 1.165) is 22.4 Å². The van der Waals surface area contributed by atoms with Gasteiger partial charge in [0.2, 0.25) is 0 Å². The van der Waals surface area contributed by atoms with Crippen LogP contribution in [0.15, 0.2) is 59.1 Å². The van der Waals surface area contributed by atoms with Gasteiger partial charge in [0, 0.05) is 0 Å². The largest absolute Gasteiger partial charge is 0.496 e. The van der Waals surface area contributed by atoms with Crippen molar-refractivity contribution in [2.75, 3.05) is 24.9 Å². The van der Waals surface area contributed by atoms with E-state index in [4.69, 9.17) is 14.0 Å². The molecule has 9 nitrogen and oxygen atoms in total. The normalized spacial score (nSPS) is 12.0. The molecule has 4 aromatic rings. The van der Waals surface area contributed by atoms with Gasteiger partial charge in [-0.3, -0.25) is 9.59 Å². The standard InChI is InChI=1S/C26H22N4O5/c1-14-27-26(35-30-14)19-8-6-17(13-23(19)33-2)16-5-7-18-21(12-16)28-20-9-4-15(11-24(31)34-3)10-22(20)29-25(18)32/h4-10,12-13,28H,11H2,1-3H3,(H,29,32). The first-order valence-corrected chi connectivity index (χ1v) is 10.9. The van der Waals surface area contributed by atoms with Gasteiger partial charge in [0.25, 0.3) is 11.8 Å². The maximum Gasteiger partial charge on any atom is 0.309 e. The highest BCUT2D eigenvalue weighted by molar-refractivity contribution is 6.12. The van der Waals surface area contributed by atoms with Crippen molar-refractivity contribution in [3.8, 4) is 28.3 Å². The van der Waals surface area contributed by atoms with Gasteiger partial charge in [-0.1, -0.05) is 23.4 Å². The summed E-state index contributed by atoms with van der Waals surface area (Å²) in [4.78, 5) is 28.8. The molecule has 0 spiro atoms. The van der Waals surface area contributed by atoms with E-state index >= 15 is 0 Å². The van der Waals surface area contributed by atoms with Crippen LogP contribution in [0, 0.1) is 6.92 Å². The highest BCUT2D eigenvalue weighted by Crippen LogP contribution is 2.37. The van der Waals surface area contributed by atoms with Crippen molar-refractivity contribution in [1.82, 2.24) is 10.1 Å². The first-order valence-electron chi connectivity index (χ1n) is 10.9. The number of aromatic nitrogens is 2. The number of hydrogen-bond acceptors (Lipinski definition) is 8. The lowest BCUT2D eigenvalue weighted by atomic mass is 10.00. The van der Waals surface area contributed by atoms with Crippen molar-refractivity contribution < 1.29 is 23.6 Å². The maximum atomic E-state index is 12.9. The predicted octanol–water partition coefficient (Wildman–Crippen LogP) is 4.75. The summed E-state index contributed by atoms with van der Waals surface area (Å²) in [5.41, 5.74) is 5.71. The lowest BCUT2D eigenvalue weighted by Gasteiger charge is -2.12. The minimum atomic E-state index is -0.346. The van der Waals surface area contributed by atoms with Gasteiger partial charge < -0.3 is 24.6 Å². The fraction of sp³-hybridized carbons (Fsp3) is 0.154. The Balaban J connectivity index is 1.49. The smallest absolute Gasteiger partial charge is 0.309 e. The molecule has 0 fully saturated rings. The molecule has 2 N–H and O–H groups in total. The number of benzene rings is 3. The molecule has 0 radical (unpaired) electrons. The fourth-order valence-electron chi connectivity index (χ4n) is 3.97. The number of carbonyl (C=O) groups excluding carboxylic acids is 2. The first-order chi connectivity index (χ1) is 16.9. The Hall–Kier alpha value is -4.66. The number of anilines is 3. The van der Waals surface area contributed by atoms with Crippen LogP contribution in [0.4, 0.5) is 17.1 Å². The topological polar surface area (TPSA) is 116 Å². The summed E-state index contributed by atoms with van der Waals surface area (Å²) < 4.78 is 15.6. The highest BCUT2D eigenvalue weighted by atomic mass is 16.5. The third kappa shape index (κ3) is 4.31. The van der Waals surface area contributed by atoms with E-state index in [-0.39, 0.29) is 18.3 Å². The Kier molecular flexibility index (Phi) is 5.66. The number of nitrogens with zero attached hydrogens (tertiary/aromatic N) is 2. The van der Waals surface area contributed by atoms with Crippen molar-refractivity contribution in [3.05, 3.63) is 71.5 Å². The molecule has 1 aliphatic rings. The van der Waals surface area contributed by atoms with E-state index in [1.165, 1.54) is 7.11 Å². The summed E-state index contributed by atoms with van der Waals surface area (Å²) in [6, 6.07) is 16.7. The summed E-state index contributed by atoms with van der Waals surface area (Å²) in [5, 5.41) is 10.1. The Bertz CT molecular complexity index is 1460. The number of rotatable bonds is 5. The number of methoxy groups -OCH3 is 2. The molecule has 5 rings (SSSR count). The molecule has 1 amide bonds. The lowest BCUT2D eigenvalue weighted by Crippen LogP contribution is -2.11. The molecule has 0 saturated heterocycles. The van der Waals surface area contributed by atoms with Gasteiger partial charge >= 0.3 is 5.97 Å². The Morgan fingerprint density at radius 1 is 0.914 bits per heavy atom. The maximum absolute atomic E-state index is 12.9. The Morgan fingerprint density at radius 3 is 2.40 bits per heavy atom. The second-order valence-corrected chi connectivity index (χ2v) is 8.03.